The van der Waals surface area contributed by atoms with Crippen LogP contribution >= 0.6 is 12.4 Å². The Hall–Kier alpha value is -1.47. The molecule has 3 heterocycles. The zero-order valence-corrected chi connectivity index (χ0v) is 16.1. The van der Waals surface area contributed by atoms with Gasteiger partial charge in [0, 0.05) is 25.2 Å². The Labute approximate surface area is 160 Å². The van der Waals surface area contributed by atoms with Gasteiger partial charge in [0.1, 0.15) is 0 Å². The van der Waals surface area contributed by atoms with Crippen molar-refractivity contribution in [2.45, 2.75) is 38.3 Å². The van der Waals surface area contributed by atoms with E-state index in [1.54, 1.807) is 0 Å². The molecule has 2 aliphatic heterocycles. The maximum atomic E-state index is 5.60. The molecule has 1 aromatic heterocycles. The largest absolute Gasteiger partial charge is 0.379 e. The lowest BCUT2D eigenvalue weighted by Gasteiger charge is -2.31. The lowest BCUT2D eigenvalue weighted by Crippen LogP contribution is -2.43. The van der Waals surface area contributed by atoms with Crippen molar-refractivity contribution in [1.82, 2.24) is 20.4 Å². The predicted molar refractivity (Wildman–Crippen MR) is 102 cm³/mol. The molecule has 0 amide bonds. The van der Waals surface area contributed by atoms with E-state index in [0.29, 0.717) is 11.7 Å². The standard InChI is InChI=1S/C19H26N4O2.ClH/c1-19(7-2-3-8-20-19)18-21-17(22-25-18)16-6-4-5-15(13-16)14-23-9-11-24-12-10-23;/h4-6,13,20H,2-3,7-12,14H2,1H3;1H. The van der Waals surface area contributed by atoms with Crippen LogP contribution in [0.5, 0.6) is 0 Å². The lowest BCUT2D eigenvalue weighted by atomic mass is 9.91. The Morgan fingerprint density at radius 1 is 1.23 bits per heavy atom. The topological polar surface area (TPSA) is 63.4 Å². The number of aromatic nitrogens is 2. The first-order valence-corrected chi connectivity index (χ1v) is 9.22. The number of nitrogens with one attached hydrogen (secondary N) is 1. The number of rotatable bonds is 4. The monoisotopic (exact) mass is 378 g/mol. The molecule has 1 N–H and O–H groups in total. The first-order valence-electron chi connectivity index (χ1n) is 9.22. The van der Waals surface area contributed by atoms with E-state index in [2.05, 4.69) is 45.5 Å². The van der Waals surface area contributed by atoms with Crippen LogP contribution in [0.4, 0.5) is 0 Å². The molecule has 2 fully saturated rings. The summed E-state index contributed by atoms with van der Waals surface area (Å²) in [6, 6.07) is 8.44. The molecule has 1 atom stereocenters. The maximum Gasteiger partial charge on any atom is 0.246 e. The molecule has 2 aliphatic rings. The van der Waals surface area contributed by atoms with E-state index >= 15 is 0 Å². The highest BCUT2D eigenvalue weighted by Crippen LogP contribution is 2.30. The first-order chi connectivity index (χ1) is 12.2. The van der Waals surface area contributed by atoms with Crippen LogP contribution in [0.3, 0.4) is 0 Å². The van der Waals surface area contributed by atoms with Gasteiger partial charge in [-0.05, 0) is 44.4 Å². The molecule has 6 nitrogen and oxygen atoms in total. The third-order valence-electron chi connectivity index (χ3n) is 5.21. The summed E-state index contributed by atoms with van der Waals surface area (Å²) < 4.78 is 11.0. The van der Waals surface area contributed by atoms with Gasteiger partial charge >= 0.3 is 0 Å². The SMILES string of the molecule is CC1(c2nc(-c3cccc(CN4CCOCC4)c3)no2)CCCCN1.Cl. The molecule has 1 unspecified atom stereocenters. The van der Waals surface area contributed by atoms with E-state index in [4.69, 9.17) is 9.26 Å². The van der Waals surface area contributed by atoms with Crippen molar-refractivity contribution in [1.29, 1.82) is 0 Å². The Morgan fingerprint density at radius 2 is 2.08 bits per heavy atom. The molecule has 0 radical (unpaired) electrons. The van der Waals surface area contributed by atoms with Gasteiger partial charge in [0.2, 0.25) is 11.7 Å². The number of morpholine rings is 1. The van der Waals surface area contributed by atoms with Crippen LogP contribution in [0.2, 0.25) is 0 Å². The molecule has 2 aromatic rings. The molecule has 142 valence electrons. The summed E-state index contributed by atoms with van der Waals surface area (Å²) in [6.07, 6.45) is 3.43. The molecule has 0 spiro atoms. The Morgan fingerprint density at radius 3 is 2.85 bits per heavy atom. The summed E-state index contributed by atoms with van der Waals surface area (Å²) in [4.78, 5) is 7.10. The minimum Gasteiger partial charge on any atom is -0.379 e. The highest BCUT2D eigenvalue weighted by atomic mass is 35.5. The Balaban J connectivity index is 0.00000196. The van der Waals surface area contributed by atoms with Gasteiger partial charge in [-0.1, -0.05) is 23.4 Å². The summed E-state index contributed by atoms with van der Waals surface area (Å²) in [5.41, 5.74) is 2.09. The lowest BCUT2D eigenvalue weighted by molar-refractivity contribution is 0.0342. The number of hydrogen-bond donors (Lipinski definition) is 1. The predicted octanol–water partition coefficient (Wildman–Crippen LogP) is 2.98. The van der Waals surface area contributed by atoms with Crippen molar-refractivity contribution in [2.24, 2.45) is 0 Å². The number of hydrogen-bond acceptors (Lipinski definition) is 6. The molecule has 4 rings (SSSR count). The number of nitrogens with zero attached hydrogens (tertiary/aromatic N) is 3. The van der Waals surface area contributed by atoms with Gasteiger partial charge in [-0.25, -0.2) is 0 Å². The summed E-state index contributed by atoms with van der Waals surface area (Å²) >= 11 is 0. The smallest absolute Gasteiger partial charge is 0.246 e. The summed E-state index contributed by atoms with van der Waals surface area (Å²) in [7, 11) is 0. The van der Waals surface area contributed by atoms with E-state index < -0.39 is 0 Å². The van der Waals surface area contributed by atoms with Gasteiger partial charge in [-0.2, -0.15) is 4.98 Å². The quantitative estimate of drug-likeness (QED) is 0.882. The highest BCUT2D eigenvalue weighted by molar-refractivity contribution is 5.85. The van der Waals surface area contributed by atoms with Crippen LogP contribution in [0.1, 0.15) is 37.6 Å². The third-order valence-corrected chi connectivity index (χ3v) is 5.21. The van der Waals surface area contributed by atoms with E-state index in [-0.39, 0.29) is 17.9 Å². The van der Waals surface area contributed by atoms with Crippen molar-refractivity contribution in [3.8, 4) is 11.4 Å². The van der Waals surface area contributed by atoms with Crippen LogP contribution in [-0.2, 0) is 16.8 Å². The fraction of sp³-hybridized carbons (Fsp3) is 0.579. The number of piperidine rings is 1. The summed E-state index contributed by atoms with van der Waals surface area (Å²) in [5.74, 6) is 1.37. The van der Waals surface area contributed by atoms with Crippen LogP contribution in [0, 0.1) is 0 Å². The van der Waals surface area contributed by atoms with Gasteiger partial charge < -0.3 is 14.6 Å². The maximum absolute atomic E-state index is 5.60. The van der Waals surface area contributed by atoms with Crippen molar-refractivity contribution < 1.29 is 9.26 Å². The zero-order valence-electron chi connectivity index (χ0n) is 15.2. The average molecular weight is 379 g/mol. The zero-order chi connectivity index (χ0) is 17.1. The van der Waals surface area contributed by atoms with Gasteiger partial charge in [0.25, 0.3) is 0 Å². The van der Waals surface area contributed by atoms with E-state index in [0.717, 1.165) is 51.4 Å². The number of benzene rings is 1. The molecule has 0 bridgehead atoms. The van der Waals surface area contributed by atoms with Crippen molar-refractivity contribution >= 4 is 12.4 Å². The fourth-order valence-corrected chi connectivity index (χ4v) is 3.63. The Kier molecular flexibility index (Phi) is 6.29. The van der Waals surface area contributed by atoms with Gasteiger partial charge in [-0.3, -0.25) is 4.90 Å². The van der Waals surface area contributed by atoms with Crippen molar-refractivity contribution in [3.63, 3.8) is 0 Å². The van der Waals surface area contributed by atoms with Crippen molar-refractivity contribution in [2.75, 3.05) is 32.8 Å². The van der Waals surface area contributed by atoms with Gasteiger partial charge in [0.15, 0.2) is 0 Å². The second-order valence-electron chi connectivity index (χ2n) is 7.23. The van der Waals surface area contributed by atoms with Crippen molar-refractivity contribution in [3.05, 3.63) is 35.7 Å². The summed E-state index contributed by atoms with van der Waals surface area (Å²) in [6.45, 7) is 7.70. The first kappa shape index (κ1) is 19.3. The van der Waals surface area contributed by atoms with Crippen LogP contribution in [0.15, 0.2) is 28.8 Å². The van der Waals surface area contributed by atoms with E-state index in [9.17, 15) is 0 Å². The highest BCUT2D eigenvalue weighted by Gasteiger charge is 2.34. The second-order valence-corrected chi connectivity index (χ2v) is 7.23. The third kappa shape index (κ3) is 4.26. The summed E-state index contributed by atoms with van der Waals surface area (Å²) in [5, 5.41) is 7.76. The van der Waals surface area contributed by atoms with Crippen LogP contribution < -0.4 is 5.32 Å². The molecule has 7 heteroatoms. The number of ether oxygens (including phenoxy) is 1. The molecule has 0 saturated carbocycles. The van der Waals surface area contributed by atoms with Crippen LogP contribution in [0.25, 0.3) is 11.4 Å². The molecule has 26 heavy (non-hydrogen) atoms. The molecule has 2 saturated heterocycles. The van der Waals surface area contributed by atoms with Crippen LogP contribution in [-0.4, -0.2) is 47.9 Å². The molecule has 0 aliphatic carbocycles. The molecular formula is C19H27ClN4O2. The van der Waals surface area contributed by atoms with E-state index in [1.807, 2.05) is 6.07 Å². The second kappa shape index (κ2) is 8.48. The van der Waals surface area contributed by atoms with Gasteiger partial charge in [0.05, 0.1) is 18.8 Å². The minimum absolute atomic E-state index is 0. The van der Waals surface area contributed by atoms with Gasteiger partial charge in [-0.15, -0.1) is 12.4 Å². The molecule has 1 aromatic carbocycles. The Bertz CT molecular complexity index is 709. The minimum atomic E-state index is -0.199. The fourth-order valence-electron chi connectivity index (χ4n) is 3.63. The molecular weight excluding hydrogens is 352 g/mol. The van der Waals surface area contributed by atoms with E-state index in [1.165, 1.54) is 18.4 Å². The normalized spacial score (nSPS) is 24.2. The number of halogens is 1. The average Bonchev–Trinajstić information content (AvgIpc) is 3.15.